The van der Waals surface area contributed by atoms with Gasteiger partial charge in [0.2, 0.25) is 0 Å². The van der Waals surface area contributed by atoms with Crippen molar-refractivity contribution in [2.75, 3.05) is 18.4 Å². The Morgan fingerprint density at radius 2 is 2.21 bits per heavy atom. The predicted octanol–water partition coefficient (Wildman–Crippen LogP) is 2.40. The molecule has 2 amide bonds. The van der Waals surface area contributed by atoms with Gasteiger partial charge in [0.1, 0.15) is 5.82 Å². The third-order valence-corrected chi connectivity index (χ3v) is 3.16. The molecule has 19 heavy (non-hydrogen) atoms. The second-order valence-corrected chi connectivity index (χ2v) is 4.77. The summed E-state index contributed by atoms with van der Waals surface area (Å²) in [5.74, 6) is -1.72. The molecule has 1 saturated heterocycles. The first-order valence-electron chi connectivity index (χ1n) is 6.06. The van der Waals surface area contributed by atoms with Crippen LogP contribution in [0.25, 0.3) is 0 Å². The Kier molecular flexibility index (Phi) is 3.69. The fraction of sp³-hybridized carbons (Fsp3) is 0.385. The van der Waals surface area contributed by atoms with Gasteiger partial charge in [0.25, 0.3) is 0 Å². The second kappa shape index (κ2) is 5.26. The van der Waals surface area contributed by atoms with E-state index >= 15 is 0 Å². The highest BCUT2D eigenvalue weighted by atomic mass is 19.1. The number of carbonyl (C=O) groups is 2. The minimum atomic E-state index is -1.33. The van der Waals surface area contributed by atoms with Crippen LogP contribution in [0, 0.1) is 11.7 Å². The maximum Gasteiger partial charge on any atom is 0.338 e. The maximum atomic E-state index is 13.4. The van der Waals surface area contributed by atoms with E-state index in [9.17, 15) is 14.0 Å². The van der Waals surface area contributed by atoms with Crippen molar-refractivity contribution in [3.05, 3.63) is 29.6 Å². The van der Waals surface area contributed by atoms with E-state index in [2.05, 4.69) is 12.2 Å². The number of nitrogens with zero attached hydrogens (tertiary/aromatic N) is 1. The number of benzene rings is 1. The molecule has 6 heteroatoms. The monoisotopic (exact) mass is 266 g/mol. The number of hydrogen-bond donors (Lipinski definition) is 2. The van der Waals surface area contributed by atoms with Crippen LogP contribution in [0.2, 0.25) is 0 Å². The van der Waals surface area contributed by atoms with Crippen LogP contribution in [0.15, 0.2) is 18.2 Å². The van der Waals surface area contributed by atoms with Crippen molar-refractivity contribution >= 4 is 17.7 Å². The molecule has 0 bridgehead atoms. The number of carboxylic acid groups (broad SMARTS) is 1. The summed E-state index contributed by atoms with van der Waals surface area (Å²) in [6.07, 6.45) is 0.958. The summed E-state index contributed by atoms with van der Waals surface area (Å²) in [5.41, 5.74) is -0.153. The van der Waals surface area contributed by atoms with Crippen LogP contribution in [0.4, 0.5) is 14.9 Å². The lowest BCUT2D eigenvalue weighted by molar-refractivity contribution is 0.0692. The van der Waals surface area contributed by atoms with Gasteiger partial charge in [-0.05, 0) is 30.5 Å². The summed E-state index contributed by atoms with van der Waals surface area (Å²) in [6.45, 7) is 3.43. The smallest absolute Gasteiger partial charge is 0.338 e. The van der Waals surface area contributed by atoms with Crippen LogP contribution in [0.3, 0.4) is 0 Å². The van der Waals surface area contributed by atoms with Crippen molar-refractivity contribution < 1.29 is 19.1 Å². The zero-order valence-corrected chi connectivity index (χ0v) is 10.5. The Morgan fingerprint density at radius 3 is 2.74 bits per heavy atom. The summed E-state index contributed by atoms with van der Waals surface area (Å²) >= 11 is 0. The minimum absolute atomic E-state index is 0.257. The molecular formula is C13H15FN2O3. The number of carboxylic acids is 1. The lowest BCUT2D eigenvalue weighted by atomic mass is 10.2. The summed E-state index contributed by atoms with van der Waals surface area (Å²) in [7, 11) is 0. The Morgan fingerprint density at radius 1 is 1.47 bits per heavy atom. The third kappa shape index (κ3) is 3.01. The number of hydrogen-bond acceptors (Lipinski definition) is 2. The van der Waals surface area contributed by atoms with Crippen molar-refractivity contribution in [1.29, 1.82) is 0 Å². The fourth-order valence-corrected chi connectivity index (χ4v) is 2.09. The van der Waals surface area contributed by atoms with E-state index in [0.29, 0.717) is 19.0 Å². The molecule has 1 unspecified atom stereocenters. The van der Waals surface area contributed by atoms with E-state index < -0.39 is 17.3 Å². The molecule has 1 heterocycles. The molecule has 0 aliphatic carbocycles. The van der Waals surface area contributed by atoms with E-state index in [0.717, 1.165) is 18.6 Å². The number of aromatic carboxylic acids is 1. The second-order valence-electron chi connectivity index (χ2n) is 4.77. The Bertz CT molecular complexity index is 519. The molecule has 0 radical (unpaired) electrons. The zero-order valence-electron chi connectivity index (χ0n) is 10.5. The Balaban J connectivity index is 2.05. The van der Waals surface area contributed by atoms with Crippen LogP contribution in [0.1, 0.15) is 23.7 Å². The van der Waals surface area contributed by atoms with Crippen LogP contribution in [0.5, 0.6) is 0 Å². The van der Waals surface area contributed by atoms with Crippen LogP contribution < -0.4 is 5.32 Å². The number of likely N-dealkylation sites (tertiary alicyclic amines) is 1. The van der Waals surface area contributed by atoms with Gasteiger partial charge in [-0.1, -0.05) is 6.92 Å². The number of amides is 2. The third-order valence-electron chi connectivity index (χ3n) is 3.16. The molecule has 1 aromatic carbocycles. The molecule has 0 aromatic heterocycles. The number of halogens is 1. The fourth-order valence-electron chi connectivity index (χ4n) is 2.09. The molecule has 0 spiro atoms. The summed E-state index contributed by atoms with van der Waals surface area (Å²) < 4.78 is 13.4. The van der Waals surface area contributed by atoms with Gasteiger partial charge >= 0.3 is 12.0 Å². The summed E-state index contributed by atoms with van der Waals surface area (Å²) in [5, 5.41) is 11.3. The first-order valence-corrected chi connectivity index (χ1v) is 6.06. The van der Waals surface area contributed by atoms with E-state index in [1.54, 1.807) is 4.90 Å². The average Bonchev–Trinajstić information content (AvgIpc) is 2.75. The highest BCUT2D eigenvalue weighted by Crippen LogP contribution is 2.18. The number of carbonyl (C=O) groups excluding carboxylic acids is 1. The van der Waals surface area contributed by atoms with Gasteiger partial charge in [0.15, 0.2) is 0 Å². The van der Waals surface area contributed by atoms with E-state index in [1.807, 2.05) is 0 Å². The summed E-state index contributed by atoms with van der Waals surface area (Å²) in [4.78, 5) is 24.2. The minimum Gasteiger partial charge on any atom is -0.478 e. The normalized spacial score (nSPS) is 18.4. The highest BCUT2D eigenvalue weighted by Gasteiger charge is 2.23. The molecule has 1 fully saturated rings. The Labute approximate surface area is 110 Å². The van der Waals surface area contributed by atoms with Crippen LogP contribution in [-0.4, -0.2) is 35.1 Å². The lowest BCUT2D eigenvalue weighted by Gasteiger charge is -2.16. The largest absolute Gasteiger partial charge is 0.478 e. The predicted molar refractivity (Wildman–Crippen MR) is 67.7 cm³/mol. The first kappa shape index (κ1) is 13.3. The van der Waals surface area contributed by atoms with Crippen molar-refractivity contribution in [2.45, 2.75) is 13.3 Å². The molecule has 5 nitrogen and oxygen atoms in total. The van der Waals surface area contributed by atoms with E-state index in [-0.39, 0.29) is 11.7 Å². The summed E-state index contributed by atoms with van der Waals surface area (Å²) in [6, 6.07) is 3.25. The molecule has 1 aliphatic rings. The van der Waals surface area contributed by atoms with Gasteiger partial charge in [0.05, 0.1) is 5.56 Å². The average molecular weight is 266 g/mol. The first-order chi connectivity index (χ1) is 8.97. The van der Waals surface area contributed by atoms with E-state index in [1.165, 1.54) is 6.07 Å². The molecule has 2 rings (SSSR count). The molecule has 0 saturated carbocycles. The van der Waals surface area contributed by atoms with Crippen molar-refractivity contribution in [3.8, 4) is 0 Å². The number of anilines is 1. The SMILES string of the molecule is CC1CCN(C(=O)Nc2ccc(C(=O)O)c(F)c2)C1. The van der Waals surface area contributed by atoms with Crippen molar-refractivity contribution in [2.24, 2.45) is 5.92 Å². The van der Waals surface area contributed by atoms with Gasteiger partial charge in [-0.15, -0.1) is 0 Å². The highest BCUT2D eigenvalue weighted by molar-refractivity contribution is 5.91. The van der Waals surface area contributed by atoms with Gasteiger partial charge in [-0.2, -0.15) is 0 Å². The molecule has 2 N–H and O–H groups in total. The van der Waals surface area contributed by atoms with Crippen molar-refractivity contribution in [1.82, 2.24) is 4.90 Å². The maximum absolute atomic E-state index is 13.4. The van der Waals surface area contributed by atoms with Crippen LogP contribution in [-0.2, 0) is 0 Å². The molecule has 102 valence electrons. The standard InChI is InChI=1S/C13H15FN2O3/c1-8-4-5-16(7-8)13(19)15-9-2-3-10(12(17)18)11(14)6-9/h2-3,6,8H,4-5,7H2,1H3,(H,15,19)(H,17,18). The molecule has 1 aromatic rings. The van der Waals surface area contributed by atoms with Crippen LogP contribution >= 0.6 is 0 Å². The number of urea groups is 1. The van der Waals surface area contributed by atoms with Gasteiger partial charge < -0.3 is 15.3 Å². The molecule has 1 aliphatic heterocycles. The van der Waals surface area contributed by atoms with Gasteiger partial charge in [-0.25, -0.2) is 14.0 Å². The molecule has 1 atom stereocenters. The van der Waals surface area contributed by atoms with Crippen molar-refractivity contribution in [3.63, 3.8) is 0 Å². The number of nitrogens with one attached hydrogen (secondary N) is 1. The van der Waals surface area contributed by atoms with Gasteiger partial charge in [-0.3, -0.25) is 0 Å². The lowest BCUT2D eigenvalue weighted by Crippen LogP contribution is -2.32. The van der Waals surface area contributed by atoms with Gasteiger partial charge in [0, 0.05) is 18.8 Å². The zero-order chi connectivity index (χ0) is 14.0. The quantitative estimate of drug-likeness (QED) is 0.863. The van der Waals surface area contributed by atoms with E-state index in [4.69, 9.17) is 5.11 Å². The topological polar surface area (TPSA) is 69.6 Å². The Hall–Kier alpha value is -2.11. The number of rotatable bonds is 2. The molecular weight excluding hydrogens is 251 g/mol.